The standard InChI is InChI=1S/C17H20N2O2S.C4H9.Al.2H/c1-3-20-15-9-5-13(6-10-15)18-17(22)19-14-7-11-16(12-8-14)21-4-2;1-3-4-2;;;/h5-12H,3-4H2,1-2H3,(H2,18,19,22);1,3-4H2,2H3;;;. The van der Waals surface area contributed by atoms with Gasteiger partial charge in [-0.25, -0.2) is 0 Å². The Bertz CT molecular complexity index is 593. The highest BCUT2D eigenvalue weighted by Crippen LogP contribution is 2.18. The topological polar surface area (TPSA) is 42.5 Å². The molecule has 4 nitrogen and oxygen atoms in total. The summed E-state index contributed by atoms with van der Waals surface area (Å²) in [6.07, 6.45) is 2.83. The van der Waals surface area contributed by atoms with Crippen molar-refractivity contribution in [3.63, 3.8) is 0 Å². The normalized spacial score (nSPS) is 9.59. The number of nitrogens with one attached hydrogen (secondary N) is 2. The summed E-state index contributed by atoms with van der Waals surface area (Å²) in [6.45, 7) is 7.47. The second-order valence-corrected chi connectivity index (χ2v) is 7.26. The zero-order valence-electron chi connectivity index (χ0n) is 16.9. The van der Waals surface area contributed by atoms with E-state index in [9.17, 15) is 0 Å². The Morgan fingerprint density at radius 2 is 1.22 bits per heavy atom. The monoisotopic (exact) mass is 402 g/mol. The van der Waals surface area contributed by atoms with Crippen molar-refractivity contribution in [2.75, 3.05) is 23.8 Å². The maximum atomic E-state index is 5.40. The van der Waals surface area contributed by atoms with Crippen LogP contribution in [0, 0.1) is 0 Å². The van der Waals surface area contributed by atoms with Crippen LogP contribution in [0.4, 0.5) is 11.4 Å². The van der Waals surface area contributed by atoms with Crippen LogP contribution in [0.1, 0.15) is 33.6 Å². The van der Waals surface area contributed by atoms with Crippen LogP contribution < -0.4 is 20.1 Å². The zero-order chi connectivity index (χ0) is 19.9. The molecular weight excluding hydrogens is 371 g/mol. The molecule has 0 radical (unpaired) electrons. The van der Waals surface area contributed by atoms with Crippen molar-refractivity contribution in [1.82, 2.24) is 0 Å². The summed E-state index contributed by atoms with van der Waals surface area (Å²) in [5.74, 6) is 1.69. The fraction of sp³-hybridized carbons (Fsp3) is 0.381. The maximum Gasteiger partial charge on any atom is 0.211 e. The molecule has 0 amide bonds. The van der Waals surface area contributed by atoms with Gasteiger partial charge in [0, 0.05) is 11.4 Å². The fourth-order valence-electron chi connectivity index (χ4n) is 2.25. The van der Waals surface area contributed by atoms with Crippen LogP contribution >= 0.6 is 12.2 Å². The molecule has 6 heteroatoms. The van der Waals surface area contributed by atoms with E-state index in [1.807, 2.05) is 62.4 Å². The molecule has 0 fully saturated rings. The molecule has 2 aromatic carbocycles. The Morgan fingerprint density at radius 1 is 0.815 bits per heavy atom. The molecule has 2 N–H and O–H groups in total. The quantitative estimate of drug-likeness (QED) is 0.473. The van der Waals surface area contributed by atoms with E-state index in [0.29, 0.717) is 18.3 Å². The van der Waals surface area contributed by atoms with Gasteiger partial charge in [-0.1, -0.05) is 19.8 Å². The average Bonchev–Trinajstić information content (AvgIpc) is 2.66. The van der Waals surface area contributed by atoms with E-state index in [4.69, 9.17) is 21.7 Å². The van der Waals surface area contributed by atoms with Crippen molar-refractivity contribution >= 4 is 45.0 Å². The summed E-state index contributed by atoms with van der Waals surface area (Å²) in [7, 11) is 0. The number of hydrogen-bond donors (Lipinski definition) is 2. The molecule has 0 atom stereocenters. The van der Waals surface area contributed by atoms with E-state index in [1.165, 1.54) is 34.4 Å². The molecule has 0 spiro atoms. The Labute approximate surface area is 177 Å². The van der Waals surface area contributed by atoms with E-state index >= 15 is 0 Å². The van der Waals surface area contributed by atoms with Gasteiger partial charge in [-0.05, 0) is 74.6 Å². The molecule has 0 saturated carbocycles. The molecule has 0 aliphatic rings. The predicted octanol–water partition coefficient (Wildman–Crippen LogP) is 5.13. The molecule has 0 unspecified atom stereocenters. The van der Waals surface area contributed by atoms with Crippen LogP contribution in [0.25, 0.3) is 0 Å². The molecule has 2 aromatic rings. The van der Waals surface area contributed by atoms with Gasteiger partial charge in [0.05, 0.1) is 13.2 Å². The Morgan fingerprint density at radius 3 is 1.48 bits per heavy atom. The van der Waals surface area contributed by atoms with E-state index in [-0.39, 0.29) is 0 Å². The fourth-order valence-corrected chi connectivity index (χ4v) is 3.19. The van der Waals surface area contributed by atoms with E-state index in [1.54, 1.807) is 0 Å². The highest BCUT2D eigenvalue weighted by Gasteiger charge is 2.00. The van der Waals surface area contributed by atoms with Crippen molar-refractivity contribution in [3.8, 4) is 11.5 Å². The number of hydrogen-bond acceptors (Lipinski definition) is 3. The average molecular weight is 403 g/mol. The first kappa shape index (κ1) is 23.3. The highest BCUT2D eigenvalue weighted by atomic mass is 32.1. The zero-order valence-corrected chi connectivity index (χ0v) is 19.7. The van der Waals surface area contributed by atoms with Crippen molar-refractivity contribution in [2.24, 2.45) is 0 Å². The van der Waals surface area contributed by atoms with E-state index in [2.05, 4.69) is 17.6 Å². The van der Waals surface area contributed by atoms with Crippen LogP contribution in [0.15, 0.2) is 48.5 Å². The smallest absolute Gasteiger partial charge is 0.211 e. The Balaban J connectivity index is 0.000000646. The van der Waals surface area contributed by atoms with Crippen LogP contribution in [-0.2, 0) is 0 Å². The first-order chi connectivity index (χ1) is 13.1. The van der Waals surface area contributed by atoms with E-state index in [0.717, 1.165) is 22.9 Å². The molecule has 0 bridgehead atoms. The summed E-state index contributed by atoms with van der Waals surface area (Å²) in [4.78, 5) is 0. The third-order valence-electron chi connectivity index (χ3n) is 3.55. The minimum absolute atomic E-state index is 0.535. The van der Waals surface area contributed by atoms with Gasteiger partial charge in [0.2, 0.25) is 16.3 Å². The van der Waals surface area contributed by atoms with Gasteiger partial charge in [0.15, 0.2) is 5.11 Å². The molecule has 0 saturated heterocycles. The maximum absolute atomic E-state index is 5.40. The Kier molecular flexibility index (Phi) is 12.4. The van der Waals surface area contributed by atoms with Crippen molar-refractivity contribution < 1.29 is 9.47 Å². The number of unbranched alkanes of at least 4 members (excludes halogenated alkanes) is 1. The van der Waals surface area contributed by atoms with Crippen LogP contribution in [0.3, 0.4) is 0 Å². The number of rotatable bonds is 8. The van der Waals surface area contributed by atoms with Crippen molar-refractivity contribution in [2.45, 2.75) is 38.9 Å². The molecule has 0 aliphatic carbocycles. The SMILES string of the molecule is CCC[CH2][AlH2].CCOc1ccc(NC(=S)Nc2ccc(OCC)cc2)cc1. The second kappa shape index (κ2) is 14.3. The highest BCUT2D eigenvalue weighted by molar-refractivity contribution is 7.80. The minimum Gasteiger partial charge on any atom is -0.494 e. The van der Waals surface area contributed by atoms with Gasteiger partial charge < -0.3 is 20.1 Å². The van der Waals surface area contributed by atoms with Crippen LogP contribution in [0.2, 0.25) is 5.28 Å². The summed E-state index contributed by atoms with van der Waals surface area (Å²) in [5, 5.41) is 8.28. The van der Waals surface area contributed by atoms with Crippen molar-refractivity contribution in [3.05, 3.63) is 48.5 Å². The predicted molar refractivity (Wildman–Crippen MR) is 123 cm³/mol. The molecule has 27 heavy (non-hydrogen) atoms. The number of ether oxygens (including phenoxy) is 2. The second-order valence-electron chi connectivity index (χ2n) is 5.85. The van der Waals surface area contributed by atoms with Gasteiger partial charge in [-0.2, -0.15) is 0 Å². The first-order valence-electron chi connectivity index (χ1n) is 9.66. The van der Waals surface area contributed by atoms with Gasteiger partial charge >= 0.3 is 0 Å². The number of benzene rings is 2. The van der Waals surface area contributed by atoms with Crippen molar-refractivity contribution in [1.29, 1.82) is 0 Å². The molecule has 2 rings (SSSR count). The third-order valence-corrected chi connectivity index (χ3v) is 4.46. The number of thiocarbonyl (C=S) groups is 1. The molecular formula is C21H31AlN2O2S. The molecule has 0 heterocycles. The van der Waals surface area contributed by atoms with Gasteiger partial charge in [0.25, 0.3) is 0 Å². The van der Waals surface area contributed by atoms with Gasteiger partial charge in [-0.3, -0.25) is 0 Å². The lowest BCUT2D eigenvalue weighted by molar-refractivity contribution is 0.340. The lowest BCUT2D eigenvalue weighted by atomic mass is 10.3. The third kappa shape index (κ3) is 10.2. The first-order valence-corrected chi connectivity index (χ1v) is 11.5. The van der Waals surface area contributed by atoms with Crippen LogP contribution in [0.5, 0.6) is 11.5 Å². The van der Waals surface area contributed by atoms with Gasteiger partial charge in [0.1, 0.15) is 11.5 Å². The Hall–Kier alpha value is -1.74. The van der Waals surface area contributed by atoms with Crippen LogP contribution in [-0.4, -0.2) is 34.6 Å². The van der Waals surface area contributed by atoms with E-state index < -0.39 is 0 Å². The summed E-state index contributed by atoms with van der Waals surface area (Å²) in [6, 6.07) is 15.3. The largest absolute Gasteiger partial charge is 0.494 e. The summed E-state index contributed by atoms with van der Waals surface area (Å²) in [5.41, 5.74) is 1.82. The molecule has 146 valence electrons. The van der Waals surface area contributed by atoms with Gasteiger partial charge in [-0.15, -0.1) is 5.28 Å². The molecule has 0 aliphatic heterocycles. The molecule has 0 aromatic heterocycles. The lowest BCUT2D eigenvalue weighted by Crippen LogP contribution is -2.18. The summed E-state index contributed by atoms with van der Waals surface area (Å²) < 4.78 is 10.8. The number of anilines is 2. The lowest BCUT2D eigenvalue weighted by Gasteiger charge is -2.12. The minimum atomic E-state index is 0.535. The summed E-state index contributed by atoms with van der Waals surface area (Å²) >= 11 is 6.70.